The van der Waals surface area contributed by atoms with E-state index >= 15 is 0 Å². The molecule has 11 nitrogen and oxygen atoms in total. The number of aromatic nitrogens is 1. The normalized spacial score (nSPS) is 20.6. The van der Waals surface area contributed by atoms with Gasteiger partial charge in [-0.15, -0.1) is 11.3 Å². The van der Waals surface area contributed by atoms with E-state index in [9.17, 15) is 14.4 Å². The van der Waals surface area contributed by atoms with E-state index < -0.39 is 32.0 Å². The number of piperidine rings is 1. The Morgan fingerprint density at radius 3 is 2.46 bits per heavy atom. The second-order valence-electron chi connectivity index (χ2n) is 11.4. The molecule has 13 heteroatoms. The molecule has 3 N–H and O–H groups in total. The van der Waals surface area contributed by atoms with Gasteiger partial charge >= 0.3 is 12.1 Å². The van der Waals surface area contributed by atoms with Crippen LogP contribution in [0, 0.1) is 5.41 Å². The van der Waals surface area contributed by atoms with Gasteiger partial charge in [-0.1, -0.05) is 20.8 Å². The first-order chi connectivity index (χ1) is 16.0. The van der Waals surface area contributed by atoms with Crippen molar-refractivity contribution in [1.29, 1.82) is 5.41 Å². The minimum Gasteiger partial charge on any atom is -0.444 e. The Kier molecular flexibility index (Phi) is 7.35. The summed E-state index contributed by atoms with van der Waals surface area (Å²) < 4.78 is 11.5. The number of thiazole rings is 1. The van der Waals surface area contributed by atoms with E-state index in [1.54, 1.807) is 25.7 Å². The van der Waals surface area contributed by atoms with E-state index in [-0.39, 0.29) is 33.8 Å². The number of nitrogens with zero attached hydrogens (tertiary/aromatic N) is 3. The predicted molar refractivity (Wildman–Crippen MR) is 136 cm³/mol. The summed E-state index contributed by atoms with van der Waals surface area (Å²) in [6.45, 7) is 16.2. The highest BCUT2D eigenvalue weighted by Gasteiger charge is 2.50. The Morgan fingerprint density at radius 1 is 1.20 bits per heavy atom. The molecule has 2 atom stereocenters. The third kappa shape index (κ3) is 6.19. The second kappa shape index (κ2) is 9.51. The largest absolute Gasteiger partial charge is 0.444 e. The maximum Gasteiger partial charge on any atom is 0.413 e. The fourth-order valence-corrected chi connectivity index (χ4v) is 5.17. The molecule has 0 radical (unpaired) electrons. The highest BCUT2D eigenvalue weighted by molar-refractivity contribution is 7.12. The maximum atomic E-state index is 13.1. The number of fused-ring (bicyclic) bond motifs is 2. The molecule has 1 aromatic heterocycles. The van der Waals surface area contributed by atoms with E-state index in [2.05, 4.69) is 49.5 Å². The van der Waals surface area contributed by atoms with Gasteiger partial charge in [-0.3, -0.25) is 15.5 Å². The van der Waals surface area contributed by atoms with Gasteiger partial charge in [0.15, 0.2) is 5.01 Å². The topological polar surface area (TPSA) is 137 Å². The zero-order valence-electron chi connectivity index (χ0n) is 21.6. The van der Waals surface area contributed by atoms with Gasteiger partial charge in [0, 0.05) is 11.9 Å². The molecule has 4 amide bonds. The molecule has 3 rings (SSSR count). The van der Waals surface area contributed by atoms with Gasteiger partial charge < -0.3 is 19.5 Å². The molecule has 35 heavy (non-hydrogen) atoms. The van der Waals surface area contributed by atoms with E-state index in [0.717, 1.165) is 11.3 Å². The molecular weight excluding hydrogens is 488 g/mol. The lowest BCUT2D eigenvalue weighted by molar-refractivity contribution is -0.0426. The molecule has 1 aromatic rings. The van der Waals surface area contributed by atoms with Crippen LogP contribution in [0.25, 0.3) is 0 Å². The number of amides is 4. The highest BCUT2D eigenvalue weighted by atomic mass is 32.1. The number of hydroxylamine groups is 2. The first-order valence-electron chi connectivity index (χ1n) is 11.6. The van der Waals surface area contributed by atoms with Crippen molar-refractivity contribution in [2.45, 2.75) is 90.2 Å². The standard InChI is InChI=1S/C22H36N6O5SSi/c1-21(2,3)32-19(30)25-15-12-34-18(24-15)17(29)26-16(23)14-10-9-13-11-27(14)20(31)28(13)33-35(7,8)22(4,5)6/h12-14H,9-11H2,1-8H3,(H,25,30)(H2,23,26,29)/t13-,14+/m1/s1. The Balaban J connectivity index is 1.60. The minimum absolute atomic E-state index is 0.0513. The zero-order valence-corrected chi connectivity index (χ0v) is 23.5. The van der Waals surface area contributed by atoms with Crippen LogP contribution in [-0.4, -0.2) is 71.4 Å². The second-order valence-corrected chi connectivity index (χ2v) is 17.0. The Hall–Kier alpha value is -2.51. The van der Waals surface area contributed by atoms with Crippen LogP contribution < -0.4 is 10.6 Å². The van der Waals surface area contributed by atoms with Crippen molar-refractivity contribution in [3.05, 3.63) is 10.4 Å². The summed E-state index contributed by atoms with van der Waals surface area (Å²) in [4.78, 5) is 43.5. The number of carbonyl (C=O) groups excluding carboxylic acids is 3. The molecule has 2 fully saturated rings. The third-order valence-electron chi connectivity index (χ3n) is 6.36. The predicted octanol–water partition coefficient (Wildman–Crippen LogP) is 4.40. The summed E-state index contributed by atoms with van der Waals surface area (Å²) in [7, 11) is -2.20. The molecule has 0 spiro atoms. The Bertz CT molecular complexity index is 1010. The van der Waals surface area contributed by atoms with E-state index in [1.807, 2.05) is 0 Å². The summed E-state index contributed by atoms with van der Waals surface area (Å²) >= 11 is 1.04. The van der Waals surface area contributed by atoms with Crippen LogP contribution in [0.15, 0.2) is 5.38 Å². The number of hydrogen-bond donors (Lipinski definition) is 3. The van der Waals surface area contributed by atoms with Gasteiger partial charge in [0.05, 0.1) is 12.1 Å². The van der Waals surface area contributed by atoms with Crippen LogP contribution in [0.1, 0.15) is 64.2 Å². The number of nitrogens with one attached hydrogen (secondary N) is 3. The smallest absolute Gasteiger partial charge is 0.413 e. The van der Waals surface area contributed by atoms with Gasteiger partial charge in [0.1, 0.15) is 17.3 Å². The van der Waals surface area contributed by atoms with Crippen LogP contribution in [0.4, 0.5) is 15.4 Å². The summed E-state index contributed by atoms with van der Waals surface area (Å²) in [6, 6.07) is -0.869. The molecule has 3 heterocycles. The van der Waals surface area contributed by atoms with Crippen molar-refractivity contribution in [2.75, 3.05) is 11.9 Å². The zero-order chi connectivity index (χ0) is 26.3. The number of ether oxygens (including phenoxy) is 1. The third-order valence-corrected chi connectivity index (χ3v) is 11.5. The molecule has 0 unspecified atom stereocenters. The lowest BCUT2D eigenvalue weighted by Crippen LogP contribution is -2.51. The molecule has 0 saturated carbocycles. The molecule has 0 aromatic carbocycles. The van der Waals surface area contributed by atoms with Gasteiger partial charge in [0.25, 0.3) is 5.91 Å². The SMILES string of the molecule is CC(C)(C)OC(=O)Nc1csc(C(=O)NC(=N)[C@@H]2CC[C@@H]3CN2C(=O)N3O[Si](C)(C)C(C)(C)C)n1. The Labute approximate surface area is 211 Å². The molecule has 2 bridgehead atoms. The Morgan fingerprint density at radius 2 is 1.86 bits per heavy atom. The molecule has 194 valence electrons. The summed E-state index contributed by atoms with van der Waals surface area (Å²) in [5.41, 5.74) is -0.660. The van der Waals surface area contributed by atoms with Crippen LogP contribution in [0.2, 0.25) is 18.1 Å². The first-order valence-corrected chi connectivity index (χ1v) is 15.4. The van der Waals surface area contributed by atoms with Crippen molar-refractivity contribution in [3.8, 4) is 0 Å². The highest BCUT2D eigenvalue weighted by Crippen LogP contribution is 2.40. The van der Waals surface area contributed by atoms with Crippen LogP contribution in [0.3, 0.4) is 0 Å². The first kappa shape index (κ1) is 27.1. The maximum absolute atomic E-state index is 13.1. The van der Waals surface area contributed by atoms with Crippen molar-refractivity contribution in [2.24, 2.45) is 0 Å². The number of urea groups is 1. The quantitative estimate of drug-likeness (QED) is 0.297. The van der Waals surface area contributed by atoms with Gasteiger partial charge in [-0.25, -0.2) is 19.6 Å². The fraction of sp³-hybridized carbons (Fsp3) is 0.682. The summed E-state index contributed by atoms with van der Waals surface area (Å²) in [5, 5.41) is 16.6. The molecule has 2 aliphatic rings. The molecular formula is C22H36N6O5SSi. The van der Waals surface area contributed by atoms with Crippen molar-refractivity contribution in [3.63, 3.8) is 0 Å². The molecule has 2 aliphatic heterocycles. The average Bonchev–Trinajstić information content (AvgIpc) is 3.24. The van der Waals surface area contributed by atoms with Gasteiger partial charge in [0.2, 0.25) is 8.32 Å². The average molecular weight is 525 g/mol. The van der Waals surface area contributed by atoms with Crippen LogP contribution in [0.5, 0.6) is 0 Å². The lowest BCUT2D eigenvalue weighted by atomic mass is 10.00. The van der Waals surface area contributed by atoms with Crippen LogP contribution in [-0.2, 0) is 9.26 Å². The number of carbonyl (C=O) groups is 3. The molecule has 0 aliphatic carbocycles. The number of amidine groups is 1. The summed E-state index contributed by atoms with van der Waals surface area (Å²) in [5.74, 6) is -0.442. The number of anilines is 1. The van der Waals surface area contributed by atoms with Crippen molar-refractivity contribution < 1.29 is 23.6 Å². The van der Waals surface area contributed by atoms with Crippen molar-refractivity contribution >= 4 is 49.3 Å². The monoisotopic (exact) mass is 524 g/mol. The van der Waals surface area contributed by atoms with Gasteiger partial charge in [-0.2, -0.15) is 0 Å². The van der Waals surface area contributed by atoms with E-state index in [1.165, 1.54) is 10.4 Å². The lowest BCUT2D eigenvalue weighted by Gasteiger charge is -2.39. The number of hydrogen-bond acceptors (Lipinski definition) is 8. The minimum atomic E-state index is -2.20. The van der Waals surface area contributed by atoms with E-state index in [0.29, 0.717) is 19.4 Å². The van der Waals surface area contributed by atoms with Crippen molar-refractivity contribution in [1.82, 2.24) is 20.3 Å². The number of rotatable bonds is 5. The van der Waals surface area contributed by atoms with E-state index in [4.69, 9.17) is 14.7 Å². The van der Waals surface area contributed by atoms with Gasteiger partial charge in [-0.05, 0) is 51.7 Å². The fourth-order valence-electron chi connectivity index (χ4n) is 3.54. The molecule has 2 saturated heterocycles. The van der Waals surface area contributed by atoms with Crippen LogP contribution >= 0.6 is 11.3 Å². The summed E-state index contributed by atoms with van der Waals surface area (Å²) in [6.07, 6.45) is 0.563.